The van der Waals surface area contributed by atoms with Crippen LogP contribution in [0.3, 0.4) is 0 Å². The summed E-state index contributed by atoms with van der Waals surface area (Å²) < 4.78 is 11.0. The first-order valence-corrected chi connectivity index (χ1v) is 7.10. The molecule has 0 aromatic rings. The summed E-state index contributed by atoms with van der Waals surface area (Å²) in [5.41, 5.74) is -0.474. The van der Waals surface area contributed by atoms with Crippen molar-refractivity contribution in [2.45, 2.75) is 45.1 Å². The SMILES string of the molecule is CCCCOCCOCC(C#N)(NCC)C1CC1. The Hall–Kier alpha value is -0.630. The third-order valence-electron chi connectivity index (χ3n) is 3.31. The molecule has 0 spiro atoms. The quantitative estimate of drug-likeness (QED) is 0.574. The highest BCUT2D eigenvalue weighted by Gasteiger charge is 2.45. The predicted molar refractivity (Wildman–Crippen MR) is 71.3 cm³/mol. The fourth-order valence-electron chi connectivity index (χ4n) is 2.07. The molecule has 0 aliphatic heterocycles. The average Bonchev–Trinajstić information content (AvgIpc) is 3.21. The molecule has 0 saturated heterocycles. The van der Waals surface area contributed by atoms with Crippen LogP contribution < -0.4 is 5.32 Å². The van der Waals surface area contributed by atoms with Gasteiger partial charge in [0.05, 0.1) is 25.9 Å². The number of rotatable bonds is 11. The first-order valence-electron chi connectivity index (χ1n) is 7.10. The van der Waals surface area contributed by atoms with Crippen LogP contribution in [0.5, 0.6) is 0 Å². The van der Waals surface area contributed by atoms with Crippen molar-refractivity contribution in [3.63, 3.8) is 0 Å². The van der Waals surface area contributed by atoms with E-state index < -0.39 is 5.54 Å². The van der Waals surface area contributed by atoms with Gasteiger partial charge in [-0.2, -0.15) is 5.26 Å². The maximum absolute atomic E-state index is 9.37. The highest BCUT2D eigenvalue weighted by Crippen LogP contribution is 2.39. The van der Waals surface area contributed by atoms with Crippen LogP contribution in [0.15, 0.2) is 0 Å². The van der Waals surface area contributed by atoms with E-state index in [2.05, 4.69) is 18.3 Å². The van der Waals surface area contributed by atoms with Gasteiger partial charge >= 0.3 is 0 Å². The van der Waals surface area contributed by atoms with Crippen LogP contribution in [0.2, 0.25) is 0 Å². The van der Waals surface area contributed by atoms with Crippen molar-refractivity contribution in [2.24, 2.45) is 5.92 Å². The maximum Gasteiger partial charge on any atom is 0.133 e. The molecule has 0 radical (unpaired) electrons. The lowest BCUT2D eigenvalue weighted by atomic mass is 9.96. The monoisotopic (exact) mass is 254 g/mol. The molecular weight excluding hydrogens is 228 g/mol. The van der Waals surface area contributed by atoms with Gasteiger partial charge in [0.1, 0.15) is 5.54 Å². The van der Waals surface area contributed by atoms with E-state index in [0.717, 1.165) is 38.8 Å². The van der Waals surface area contributed by atoms with Crippen molar-refractivity contribution in [1.29, 1.82) is 5.26 Å². The zero-order valence-corrected chi connectivity index (χ0v) is 11.7. The summed E-state index contributed by atoms with van der Waals surface area (Å²) >= 11 is 0. The number of hydrogen-bond donors (Lipinski definition) is 1. The molecule has 18 heavy (non-hydrogen) atoms. The van der Waals surface area contributed by atoms with E-state index in [1.807, 2.05) is 6.92 Å². The Kier molecular flexibility index (Phi) is 7.26. The fraction of sp³-hybridized carbons (Fsp3) is 0.929. The Balaban J connectivity index is 2.16. The largest absolute Gasteiger partial charge is 0.379 e. The molecule has 1 rings (SSSR count). The average molecular weight is 254 g/mol. The number of ether oxygens (including phenoxy) is 2. The molecule has 1 fully saturated rings. The minimum Gasteiger partial charge on any atom is -0.379 e. The van der Waals surface area contributed by atoms with Gasteiger partial charge in [0.25, 0.3) is 0 Å². The Morgan fingerprint density at radius 1 is 1.22 bits per heavy atom. The van der Waals surface area contributed by atoms with E-state index >= 15 is 0 Å². The zero-order chi connectivity index (χ0) is 13.3. The molecule has 1 N–H and O–H groups in total. The van der Waals surface area contributed by atoms with Gasteiger partial charge in [0, 0.05) is 6.61 Å². The summed E-state index contributed by atoms with van der Waals surface area (Å²) in [5.74, 6) is 0.462. The first kappa shape index (κ1) is 15.4. The van der Waals surface area contributed by atoms with Gasteiger partial charge in [-0.05, 0) is 31.7 Å². The normalized spacial score (nSPS) is 18.3. The van der Waals surface area contributed by atoms with Crippen LogP contribution in [0.25, 0.3) is 0 Å². The molecule has 4 nitrogen and oxygen atoms in total. The maximum atomic E-state index is 9.37. The summed E-state index contributed by atoms with van der Waals surface area (Å²) in [6.07, 6.45) is 4.52. The number of nitrogens with zero attached hydrogens (tertiary/aromatic N) is 1. The van der Waals surface area contributed by atoms with Crippen molar-refractivity contribution in [1.82, 2.24) is 5.32 Å². The first-order chi connectivity index (χ1) is 8.79. The molecule has 1 aliphatic rings. The van der Waals surface area contributed by atoms with Gasteiger partial charge in [-0.15, -0.1) is 0 Å². The lowest BCUT2D eigenvalue weighted by Gasteiger charge is -2.27. The second-order valence-electron chi connectivity index (χ2n) is 4.91. The standard InChI is InChI=1S/C14H26N2O2/c1-3-5-8-17-9-10-18-12-14(11-15,16-4-2)13-6-7-13/h13,16H,3-10,12H2,1-2H3. The smallest absolute Gasteiger partial charge is 0.133 e. The van der Waals surface area contributed by atoms with Crippen LogP contribution in [-0.2, 0) is 9.47 Å². The Morgan fingerprint density at radius 3 is 2.50 bits per heavy atom. The molecule has 1 unspecified atom stereocenters. The van der Waals surface area contributed by atoms with E-state index in [1.54, 1.807) is 0 Å². The second-order valence-corrected chi connectivity index (χ2v) is 4.91. The Morgan fingerprint density at radius 2 is 1.94 bits per heavy atom. The van der Waals surface area contributed by atoms with Crippen molar-refractivity contribution in [2.75, 3.05) is 33.0 Å². The molecule has 1 saturated carbocycles. The van der Waals surface area contributed by atoms with Crippen LogP contribution in [0.4, 0.5) is 0 Å². The Bertz CT molecular complexity index is 261. The second kappa shape index (κ2) is 8.47. The summed E-state index contributed by atoms with van der Waals surface area (Å²) in [4.78, 5) is 0. The van der Waals surface area contributed by atoms with Gasteiger partial charge in [0.2, 0.25) is 0 Å². The fourth-order valence-corrected chi connectivity index (χ4v) is 2.07. The van der Waals surface area contributed by atoms with E-state index in [0.29, 0.717) is 25.7 Å². The number of nitrogens with one attached hydrogen (secondary N) is 1. The van der Waals surface area contributed by atoms with Crippen LogP contribution in [-0.4, -0.2) is 38.5 Å². The molecule has 0 aromatic carbocycles. The highest BCUT2D eigenvalue weighted by molar-refractivity contribution is 5.15. The molecule has 4 heteroatoms. The molecule has 0 bridgehead atoms. The third-order valence-corrected chi connectivity index (χ3v) is 3.31. The van der Waals surface area contributed by atoms with Crippen LogP contribution in [0, 0.1) is 17.2 Å². The van der Waals surface area contributed by atoms with Crippen LogP contribution >= 0.6 is 0 Å². The molecular formula is C14H26N2O2. The van der Waals surface area contributed by atoms with Crippen molar-refractivity contribution < 1.29 is 9.47 Å². The molecule has 0 aromatic heterocycles. The summed E-state index contributed by atoms with van der Waals surface area (Å²) in [6.45, 7) is 7.46. The molecule has 104 valence electrons. The number of likely N-dealkylation sites (N-methyl/N-ethyl adjacent to an activating group) is 1. The van der Waals surface area contributed by atoms with Crippen molar-refractivity contribution >= 4 is 0 Å². The van der Waals surface area contributed by atoms with E-state index in [1.165, 1.54) is 0 Å². The van der Waals surface area contributed by atoms with E-state index in [-0.39, 0.29) is 0 Å². The number of unbranched alkanes of at least 4 members (excludes halogenated alkanes) is 1. The zero-order valence-electron chi connectivity index (χ0n) is 11.7. The van der Waals surface area contributed by atoms with Crippen LogP contribution in [0.1, 0.15) is 39.5 Å². The number of hydrogen-bond acceptors (Lipinski definition) is 4. The highest BCUT2D eigenvalue weighted by atomic mass is 16.5. The molecule has 1 atom stereocenters. The minimum atomic E-state index is -0.474. The van der Waals surface area contributed by atoms with Gasteiger partial charge in [0.15, 0.2) is 0 Å². The van der Waals surface area contributed by atoms with Gasteiger partial charge in [-0.3, -0.25) is 5.32 Å². The van der Waals surface area contributed by atoms with Crippen molar-refractivity contribution in [3.8, 4) is 6.07 Å². The summed E-state index contributed by atoms with van der Waals surface area (Å²) in [7, 11) is 0. The lowest BCUT2D eigenvalue weighted by Crippen LogP contribution is -2.50. The number of nitriles is 1. The summed E-state index contributed by atoms with van der Waals surface area (Å²) in [5, 5.41) is 12.7. The lowest BCUT2D eigenvalue weighted by molar-refractivity contribution is 0.0252. The van der Waals surface area contributed by atoms with Gasteiger partial charge in [-0.1, -0.05) is 20.3 Å². The van der Waals surface area contributed by atoms with E-state index in [4.69, 9.17) is 9.47 Å². The molecule has 0 heterocycles. The summed E-state index contributed by atoms with van der Waals surface area (Å²) in [6, 6.07) is 2.41. The third kappa shape index (κ3) is 4.93. The molecule has 0 amide bonds. The van der Waals surface area contributed by atoms with Gasteiger partial charge < -0.3 is 9.47 Å². The van der Waals surface area contributed by atoms with E-state index in [9.17, 15) is 5.26 Å². The topological polar surface area (TPSA) is 54.3 Å². The Labute approximate surface area is 111 Å². The minimum absolute atomic E-state index is 0.462. The van der Waals surface area contributed by atoms with Gasteiger partial charge in [-0.25, -0.2) is 0 Å². The predicted octanol–water partition coefficient (Wildman–Crippen LogP) is 2.10. The van der Waals surface area contributed by atoms with Crippen molar-refractivity contribution in [3.05, 3.63) is 0 Å². The molecule has 1 aliphatic carbocycles.